The lowest BCUT2D eigenvalue weighted by Gasteiger charge is -2.16. The Morgan fingerprint density at radius 1 is 0.791 bits per heavy atom. The minimum Gasteiger partial charge on any atom is -0.468 e. The van der Waals surface area contributed by atoms with Crippen LogP contribution in [0, 0.1) is 25.1 Å². The first-order valence-corrected chi connectivity index (χ1v) is 12.1. The first-order valence-electron chi connectivity index (χ1n) is 12.1. The summed E-state index contributed by atoms with van der Waals surface area (Å²) in [5.74, 6) is -1.68. The normalized spacial score (nSPS) is 11.2. The molecule has 0 spiro atoms. The van der Waals surface area contributed by atoms with E-state index in [2.05, 4.69) is 15.2 Å². The number of nitrogens with zero attached hydrogens (tertiary/aromatic N) is 3. The molecule has 0 aliphatic rings. The third-order valence-corrected chi connectivity index (χ3v) is 5.72. The summed E-state index contributed by atoms with van der Waals surface area (Å²) >= 11 is 0. The smallest absolute Gasteiger partial charge is 0.328 e. The predicted molar refractivity (Wildman–Crippen MR) is 156 cm³/mol. The van der Waals surface area contributed by atoms with Crippen LogP contribution >= 0.6 is 12.4 Å². The summed E-state index contributed by atoms with van der Waals surface area (Å²) < 4.78 is 9.18. The van der Waals surface area contributed by atoms with Crippen LogP contribution in [0.2, 0.25) is 0 Å². The Morgan fingerprint density at radius 2 is 1.23 bits per heavy atom. The Morgan fingerprint density at radius 3 is 1.63 bits per heavy atom. The molecule has 0 saturated heterocycles. The number of nitrogens with two attached hydrogens (primary N) is 1. The van der Waals surface area contributed by atoms with Crippen LogP contribution in [-0.4, -0.2) is 54.0 Å². The van der Waals surface area contributed by atoms with Crippen molar-refractivity contribution in [2.75, 3.05) is 14.2 Å². The molecular weight excluding hydrogens is 590 g/mol. The summed E-state index contributed by atoms with van der Waals surface area (Å²) in [6.07, 6.45) is 0.398. The number of nitroso groups, excluding NO2 is 1. The van der Waals surface area contributed by atoms with Gasteiger partial charge in [0.1, 0.15) is 17.8 Å². The van der Waals surface area contributed by atoms with Crippen LogP contribution in [0.25, 0.3) is 0 Å². The molecule has 0 heterocycles. The van der Waals surface area contributed by atoms with Crippen molar-refractivity contribution in [2.45, 2.75) is 24.9 Å². The number of ether oxygens (including phenoxy) is 2. The van der Waals surface area contributed by atoms with Gasteiger partial charge in [-0.15, -0.1) is 17.3 Å². The Bertz CT molecular complexity index is 1420. The molecule has 3 aromatic rings. The van der Waals surface area contributed by atoms with Crippen molar-refractivity contribution >= 4 is 47.3 Å². The van der Waals surface area contributed by atoms with E-state index in [0.717, 1.165) is 5.56 Å². The van der Waals surface area contributed by atoms with Crippen LogP contribution in [0.3, 0.4) is 0 Å². The van der Waals surface area contributed by atoms with Crippen LogP contribution in [0.1, 0.15) is 21.5 Å². The minimum absolute atomic E-state index is 0. The van der Waals surface area contributed by atoms with Crippen LogP contribution in [0.15, 0.2) is 78.0 Å². The highest BCUT2D eigenvalue weighted by molar-refractivity contribution is 5.97. The molecule has 2 atom stereocenters. The van der Waals surface area contributed by atoms with Crippen molar-refractivity contribution in [3.63, 3.8) is 0 Å². The van der Waals surface area contributed by atoms with Crippen LogP contribution in [-0.2, 0) is 31.9 Å². The van der Waals surface area contributed by atoms with Crippen molar-refractivity contribution in [1.29, 1.82) is 0 Å². The maximum atomic E-state index is 12.3. The molecule has 0 aromatic heterocycles. The zero-order chi connectivity index (χ0) is 31.2. The van der Waals surface area contributed by atoms with Gasteiger partial charge in [0.05, 0.1) is 24.1 Å². The first kappa shape index (κ1) is 35.7. The van der Waals surface area contributed by atoms with Gasteiger partial charge in [-0.1, -0.05) is 24.3 Å². The molecule has 0 saturated carbocycles. The number of carbonyl (C=O) groups excluding carboxylic acids is 3. The Hall–Kier alpha value is -5.28. The molecule has 1 amide bonds. The number of benzene rings is 3. The van der Waals surface area contributed by atoms with E-state index in [-0.39, 0.29) is 41.5 Å². The molecule has 2 unspecified atom stereocenters. The van der Waals surface area contributed by atoms with E-state index in [1.54, 1.807) is 12.1 Å². The van der Waals surface area contributed by atoms with Gasteiger partial charge in [0.2, 0.25) is 0 Å². The number of halogens is 1. The molecule has 0 bridgehead atoms. The molecule has 0 fully saturated rings. The van der Waals surface area contributed by atoms with Crippen molar-refractivity contribution in [3.05, 3.63) is 115 Å². The number of rotatable bonds is 11. The average Bonchev–Trinajstić information content (AvgIpc) is 3.00. The van der Waals surface area contributed by atoms with E-state index in [1.165, 1.54) is 74.9 Å². The van der Waals surface area contributed by atoms with Gasteiger partial charge in [0.15, 0.2) is 0 Å². The highest BCUT2D eigenvalue weighted by Gasteiger charge is 2.23. The number of nitro benzene ring substituents is 2. The number of amides is 1. The summed E-state index contributed by atoms with van der Waals surface area (Å²) in [4.78, 5) is 65.8. The van der Waals surface area contributed by atoms with Crippen LogP contribution < -0.4 is 11.1 Å². The van der Waals surface area contributed by atoms with Crippen LogP contribution in [0.4, 0.5) is 17.1 Å². The minimum atomic E-state index is -0.974. The number of carbonyl (C=O) groups is 3. The quantitative estimate of drug-likeness (QED) is 0.137. The standard InChI is InChI=1S/C17H15N3O6.C10H12N2O4.ClH/c1-26-17(22)15(10-11-2-8-14(9-3-11)20(24)25)18-16(21)12-4-6-13(19-23)7-5-12;1-16-10(13)9(11)6-7-2-4-8(5-3-7)12(14)15;/h2-9,15H,10H2,1H3,(H,18,21);2-5,9H,6,11H2,1H3;1H. The van der Waals surface area contributed by atoms with Crippen molar-refractivity contribution < 1.29 is 33.7 Å². The number of methoxy groups -OCH3 is 2. The van der Waals surface area contributed by atoms with Gasteiger partial charge in [-0.05, 0) is 47.0 Å². The number of hydrogen-bond acceptors (Lipinski definition) is 12. The maximum Gasteiger partial charge on any atom is 0.328 e. The predicted octanol–water partition coefficient (Wildman–Crippen LogP) is 3.57. The van der Waals surface area contributed by atoms with Crippen molar-refractivity contribution in [1.82, 2.24) is 5.32 Å². The molecule has 15 nitrogen and oxygen atoms in total. The second kappa shape index (κ2) is 17.5. The zero-order valence-corrected chi connectivity index (χ0v) is 23.7. The number of non-ortho nitro benzene ring substituents is 2. The van der Waals surface area contributed by atoms with E-state index in [0.29, 0.717) is 12.0 Å². The Kier molecular flexibility index (Phi) is 14.6. The average molecular weight is 618 g/mol. The van der Waals surface area contributed by atoms with Gasteiger partial charge in [-0.2, -0.15) is 0 Å². The highest BCUT2D eigenvalue weighted by Crippen LogP contribution is 2.16. The molecule has 3 rings (SSSR count). The Labute approximate surface area is 251 Å². The summed E-state index contributed by atoms with van der Waals surface area (Å²) in [7, 11) is 2.46. The maximum absolute atomic E-state index is 12.3. The van der Waals surface area contributed by atoms with Crippen molar-refractivity contribution in [2.24, 2.45) is 10.9 Å². The van der Waals surface area contributed by atoms with Gasteiger partial charge in [-0.25, -0.2) is 4.79 Å². The molecule has 0 radical (unpaired) electrons. The lowest BCUT2D eigenvalue weighted by Crippen LogP contribution is -2.43. The van der Waals surface area contributed by atoms with E-state index in [9.17, 15) is 39.5 Å². The molecule has 3 aromatic carbocycles. The third kappa shape index (κ3) is 11.3. The van der Waals surface area contributed by atoms with E-state index in [1.807, 2.05) is 0 Å². The fraction of sp³-hybridized carbons (Fsp3) is 0.222. The third-order valence-electron chi connectivity index (χ3n) is 5.72. The highest BCUT2D eigenvalue weighted by atomic mass is 35.5. The second-order valence-corrected chi connectivity index (χ2v) is 8.57. The largest absolute Gasteiger partial charge is 0.468 e. The van der Waals surface area contributed by atoms with Gasteiger partial charge in [0, 0.05) is 36.2 Å². The lowest BCUT2D eigenvalue weighted by molar-refractivity contribution is -0.385. The molecular formula is C27H28ClN5O10. The van der Waals surface area contributed by atoms with Gasteiger partial charge >= 0.3 is 11.9 Å². The summed E-state index contributed by atoms with van der Waals surface area (Å²) in [6, 6.07) is 15.4. The van der Waals surface area contributed by atoms with E-state index >= 15 is 0 Å². The summed E-state index contributed by atoms with van der Waals surface area (Å²) in [6.45, 7) is 0. The number of hydrogen-bond donors (Lipinski definition) is 2. The number of nitro groups is 2. The Balaban J connectivity index is 0.000000469. The van der Waals surface area contributed by atoms with E-state index in [4.69, 9.17) is 10.5 Å². The van der Waals surface area contributed by atoms with Gasteiger partial charge < -0.3 is 20.5 Å². The summed E-state index contributed by atoms with van der Waals surface area (Å²) in [5.41, 5.74) is 7.28. The van der Waals surface area contributed by atoms with Gasteiger partial charge in [0.25, 0.3) is 17.3 Å². The molecule has 43 heavy (non-hydrogen) atoms. The van der Waals surface area contributed by atoms with Crippen LogP contribution in [0.5, 0.6) is 0 Å². The lowest BCUT2D eigenvalue weighted by atomic mass is 10.0. The second-order valence-electron chi connectivity index (χ2n) is 8.57. The molecule has 3 N–H and O–H groups in total. The zero-order valence-electron chi connectivity index (χ0n) is 22.9. The topological polar surface area (TPSA) is 223 Å². The summed E-state index contributed by atoms with van der Waals surface area (Å²) in [5, 5.41) is 26.4. The number of esters is 2. The molecule has 0 aliphatic carbocycles. The monoisotopic (exact) mass is 617 g/mol. The molecule has 228 valence electrons. The molecule has 16 heteroatoms. The fourth-order valence-corrected chi connectivity index (χ4v) is 3.48. The van der Waals surface area contributed by atoms with E-state index < -0.39 is 39.8 Å². The van der Waals surface area contributed by atoms with Gasteiger partial charge in [-0.3, -0.25) is 29.8 Å². The SMILES string of the molecule is COC(=O)C(Cc1ccc([N+](=O)[O-])cc1)NC(=O)c1ccc(N=O)cc1.COC(=O)C(N)Cc1ccc([N+](=O)[O-])cc1.Cl. The molecule has 0 aliphatic heterocycles. The first-order chi connectivity index (χ1) is 20.0. The number of nitrogens with one attached hydrogen (secondary N) is 1. The van der Waals surface area contributed by atoms with Crippen molar-refractivity contribution in [3.8, 4) is 0 Å². The fourth-order valence-electron chi connectivity index (χ4n) is 3.48.